The zero-order valence-electron chi connectivity index (χ0n) is 23.0. The molecule has 0 spiro atoms. The number of hydrogen-bond donors (Lipinski definition) is 2. The smallest absolute Gasteiger partial charge is 0.296 e. The highest BCUT2D eigenvalue weighted by atomic mass is 32.2. The molecule has 0 aliphatic carbocycles. The lowest BCUT2D eigenvalue weighted by atomic mass is 10.2. The van der Waals surface area contributed by atoms with Crippen molar-refractivity contribution >= 4 is 21.4 Å². The third kappa shape index (κ3) is 6.70. The second-order valence-electron chi connectivity index (χ2n) is 8.65. The molecule has 1 aliphatic heterocycles. The lowest BCUT2D eigenvalue weighted by molar-refractivity contribution is 0.353. The van der Waals surface area contributed by atoms with Crippen molar-refractivity contribution in [1.82, 2.24) is 14.1 Å². The van der Waals surface area contributed by atoms with Crippen LogP contribution in [0.4, 0.5) is 11.4 Å². The highest BCUT2D eigenvalue weighted by Gasteiger charge is 2.30. The first kappa shape index (κ1) is 29.9. The Morgan fingerprint density at radius 2 is 1.64 bits per heavy atom. The molecule has 2 aromatic carbocycles. The van der Waals surface area contributed by atoms with Gasteiger partial charge in [0.05, 0.1) is 36.7 Å². The maximum atomic E-state index is 13.4. The zero-order valence-corrected chi connectivity index (χ0v) is 23.8. The average molecular weight is 559 g/mol. The molecular weight excluding hydrogens is 520 g/mol. The predicted octanol–water partition coefficient (Wildman–Crippen LogP) is 2.55. The minimum atomic E-state index is -3.73. The molecule has 39 heavy (non-hydrogen) atoms. The quantitative estimate of drug-likeness (QED) is 0.360. The largest absolute Gasteiger partial charge is 0.493 e. The van der Waals surface area contributed by atoms with Crippen molar-refractivity contribution in [2.24, 2.45) is 5.73 Å². The normalized spacial score (nSPS) is 13.8. The van der Waals surface area contributed by atoms with Crippen molar-refractivity contribution < 1.29 is 17.9 Å². The fourth-order valence-corrected chi connectivity index (χ4v) is 5.73. The summed E-state index contributed by atoms with van der Waals surface area (Å²) in [6.07, 6.45) is 3.60. The van der Waals surface area contributed by atoms with Gasteiger partial charge in [0.15, 0.2) is 11.5 Å². The van der Waals surface area contributed by atoms with Gasteiger partial charge in [0.25, 0.3) is 5.56 Å². The number of aromatic nitrogens is 2. The van der Waals surface area contributed by atoms with Gasteiger partial charge in [-0.2, -0.15) is 14.1 Å². The fourth-order valence-electron chi connectivity index (χ4n) is 4.29. The van der Waals surface area contributed by atoms with E-state index in [1.54, 1.807) is 12.3 Å². The van der Waals surface area contributed by atoms with Crippen LogP contribution in [-0.2, 0) is 10.0 Å². The minimum Gasteiger partial charge on any atom is -0.493 e. The lowest BCUT2D eigenvalue weighted by Gasteiger charge is -2.36. The number of rotatable bonds is 10. The summed E-state index contributed by atoms with van der Waals surface area (Å²) >= 11 is 0. The SMILES string of the molecule is CCCCNc1c(N2CCN(S(=O)(=O)c3ccc(OC)c(OC)c3)CC2)cnn(-c2ccccc2)c1=O.CN. The molecule has 1 aromatic heterocycles. The first-order valence-corrected chi connectivity index (χ1v) is 14.3. The number of nitrogens with one attached hydrogen (secondary N) is 1. The summed E-state index contributed by atoms with van der Waals surface area (Å²) in [7, 11) is 0.745. The number of hydrogen-bond acceptors (Lipinski definition) is 9. The topological polar surface area (TPSA) is 132 Å². The van der Waals surface area contributed by atoms with E-state index in [1.165, 1.54) is 42.4 Å². The summed E-state index contributed by atoms with van der Waals surface area (Å²) in [5.41, 5.74) is 6.10. The molecule has 3 aromatic rings. The van der Waals surface area contributed by atoms with Crippen LogP contribution >= 0.6 is 0 Å². The van der Waals surface area contributed by atoms with Crippen LogP contribution in [0.25, 0.3) is 5.69 Å². The molecule has 0 atom stereocenters. The molecule has 1 fully saturated rings. The van der Waals surface area contributed by atoms with Gasteiger partial charge in [-0.15, -0.1) is 0 Å². The van der Waals surface area contributed by atoms with Crippen molar-refractivity contribution in [3.05, 3.63) is 65.1 Å². The number of piperazine rings is 1. The van der Waals surface area contributed by atoms with Crippen LogP contribution in [-0.4, -0.2) is 76.5 Å². The Kier molecular flexibility index (Phi) is 10.7. The molecule has 1 saturated heterocycles. The van der Waals surface area contributed by atoms with Crippen molar-refractivity contribution in [2.75, 3.05) is 64.2 Å². The number of benzene rings is 2. The maximum Gasteiger partial charge on any atom is 0.296 e. The number of unbranched alkanes of at least 4 members (excludes halogenated alkanes) is 1. The Morgan fingerprint density at radius 3 is 2.26 bits per heavy atom. The molecule has 0 bridgehead atoms. The summed E-state index contributed by atoms with van der Waals surface area (Å²) in [5.74, 6) is 0.821. The number of sulfonamides is 1. The van der Waals surface area contributed by atoms with E-state index in [9.17, 15) is 13.2 Å². The van der Waals surface area contributed by atoms with E-state index in [2.05, 4.69) is 23.1 Å². The highest BCUT2D eigenvalue weighted by Crippen LogP contribution is 2.31. The summed E-state index contributed by atoms with van der Waals surface area (Å²) in [4.78, 5) is 15.6. The number of para-hydroxylation sites is 1. The van der Waals surface area contributed by atoms with Gasteiger partial charge in [0, 0.05) is 38.8 Å². The molecular formula is C27H38N6O5S. The van der Waals surface area contributed by atoms with E-state index in [0.717, 1.165) is 12.8 Å². The van der Waals surface area contributed by atoms with E-state index >= 15 is 0 Å². The van der Waals surface area contributed by atoms with E-state index in [1.807, 2.05) is 35.2 Å². The maximum absolute atomic E-state index is 13.4. The van der Waals surface area contributed by atoms with Crippen LogP contribution in [0.5, 0.6) is 11.5 Å². The second kappa shape index (κ2) is 14.0. The predicted molar refractivity (Wildman–Crippen MR) is 154 cm³/mol. The Labute approximate surface area is 230 Å². The van der Waals surface area contributed by atoms with Crippen molar-refractivity contribution in [2.45, 2.75) is 24.7 Å². The van der Waals surface area contributed by atoms with Crippen molar-refractivity contribution in [1.29, 1.82) is 0 Å². The summed E-state index contributed by atoms with van der Waals surface area (Å²) in [6.45, 7) is 4.14. The van der Waals surface area contributed by atoms with Crippen LogP contribution in [0.15, 0.2) is 64.4 Å². The van der Waals surface area contributed by atoms with Gasteiger partial charge in [-0.25, -0.2) is 8.42 Å². The molecule has 4 rings (SSSR count). The van der Waals surface area contributed by atoms with E-state index in [4.69, 9.17) is 9.47 Å². The molecule has 2 heterocycles. The third-order valence-corrected chi connectivity index (χ3v) is 8.26. The summed E-state index contributed by atoms with van der Waals surface area (Å²) in [6, 6.07) is 13.9. The third-order valence-electron chi connectivity index (χ3n) is 6.36. The summed E-state index contributed by atoms with van der Waals surface area (Å²) in [5, 5.41) is 7.74. The van der Waals surface area contributed by atoms with E-state index in [-0.39, 0.29) is 23.5 Å². The minimum absolute atomic E-state index is 0.146. The molecule has 12 heteroatoms. The van der Waals surface area contributed by atoms with Gasteiger partial charge < -0.3 is 25.4 Å². The van der Waals surface area contributed by atoms with Gasteiger partial charge in [-0.1, -0.05) is 31.5 Å². The number of methoxy groups -OCH3 is 2. The molecule has 0 radical (unpaired) electrons. The van der Waals surface area contributed by atoms with Crippen molar-refractivity contribution in [3.63, 3.8) is 0 Å². The standard InChI is InChI=1S/C26H33N5O5S.CH5N/c1-4-5-13-27-25-22(19-28-31(26(25)32)20-9-7-6-8-10-20)29-14-16-30(17-15-29)37(33,34)21-11-12-23(35-2)24(18-21)36-3;1-2/h6-12,18-19,27H,4-5,13-17H2,1-3H3;2H2,1H3. The zero-order chi connectivity index (χ0) is 28.4. The van der Waals surface area contributed by atoms with Crippen LogP contribution in [0.2, 0.25) is 0 Å². The molecule has 1 aliphatic rings. The van der Waals surface area contributed by atoms with Crippen LogP contribution in [0.1, 0.15) is 19.8 Å². The summed E-state index contributed by atoms with van der Waals surface area (Å²) < 4.78 is 40.0. The Bertz CT molecular complexity index is 1370. The Balaban J connectivity index is 0.00000205. The van der Waals surface area contributed by atoms with Crippen LogP contribution < -0.4 is 31.0 Å². The van der Waals surface area contributed by atoms with Gasteiger partial charge in [-0.3, -0.25) is 4.79 Å². The monoisotopic (exact) mass is 558 g/mol. The lowest BCUT2D eigenvalue weighted by Crippen LogP contribution is -2.49. The van der Waals surface area contributed by atoms with E-state index in [0.29, 0.717) is 48.2 Å². The molecule has 0 amide bonds. The number of anilines is 2. The second-order valence-corrected chi connectivity index (χ2v) is 10.6. The first-order chi connectivity index (χ1) is 18.9. The number of nitrogens with zero attached hydrogens (tertiary/aromatic N) is 4. The van der Waals surface area contributed by atoms with Gasteiger partial charge in [0.1, 0.15) is 5.69 Å². The average Bonchev–Trinajstić information content (AvgIpc) is 2.99. The number of nitrogens with two attached hydrogens (primary N) is 1. The van der Waals surface area contributed by atoms with E-state index < -0.39 is 10.0 Å². The molecule has 0 unspecified atom stereocenters. The van der Waals surface area contributed by atoms with Gasteiger partial charge in [0.2, 0.25) is 10.0 Å². The van der Waals surface area contributed by atoms with Gasteiger partial charge >= 0.3 is 0 Å². The molecule has 3 N–H and O–H groups in total. The molecule has 0 saturated carbocycles. The van der Waals surface area contributed by atoms with Crippen LogP contribution in [0, 0.1) is 0 Å². The van der Waals surface area contributed by atoms with Gasteiger partial charge in [-0.05, 0) is 37.7 Å². The fraction of sp³-hybridized carbons (Fsp3) is 0.407. The van der Waals surface area contributed by atoms with Crippen LogP contribution in [0.3, 0.4) is 0 Å². The molecule has 11 nitrogen and oxygen atoms in total. The Hall–Kier alpha value is -3.61. The number of ether oxygens (including phenoxy) is 2. The first-order valence-electron chi connectivity index (χ1n) is 12.9. The molecule has 212 valence electrons. The highest BCUT2D eigenvalue weighted by molar-refractivity contribution is 7.89. The Morgan fingerprint density at radius 1 is 0.974 bits per heavy atom. The van der Waals surface area contributed by atoms with Crippen molar-refractivity contribution in [3.8, 4) is 17.2 Å².